The van der Waals surface area contributed by atoms with E-state index in [-0.39, 0.29) is 11.2 Å². The maximum atomic E-state index is 10.8. The van der Waals surface area contributed by atoms with E-state index in [0.717, 1.165) is 7.11 Å². The number of methoxy groups -OCH3 is 1. The van der Waals surface area contributed by atoms with Gasteiger partial charge < -0.3 is 9.72 Å². The summed E-state index contributed by atoms with van der Waals surface area (Å²) in [5.41, 5.74) is -0.0801. The van der Waals surface area contributed by atoms with Gasteiger partial charge in [0, 0.05) is 12.3 Å². The highest BCUT2D eigenvalue weighted by Gasteiger charge is 2.06. The van der Waals surface area contributed by atoms with Gasteiger partial charge in [0.15, 0.2) is 0 Å². The molecule has 0 bridgehead atoms. The van der Waals surface area contributed by atoms with Crippen LogP contribution in [0.3, 0.4) is 0 Å². The lowest BCUT2D eigenvalue weighted by molar-refractivity contribution is -0.132. The molecule has 0 amide bonds. The summed E-state index contributed by atoms with van der Waals surface area (Å²) in [7, 11) is 1.14. The van der Waals surface area contributed by atoms with Gasteiger partial charge in [-0.25, -0.2) is 4.79 Å². The van der Waals surface area contributed by atoms with Gasteiger partial charge in [0.1, 0.15) is 0 Å². The second-order valence-electron chi connectivity index (χ2n) is 2.45. The van der Waals surface area contributed by atoms with Gasteiger partial charge in [-0.1, -0.05) is 0 Å². The number of amidine groups is 1. The van der Waals surface area contributed by atoms with E-state index >= 15 is 0 Å². The summed E-state index contributed by atoms with van der Waals surface area (Å²) in [4.78, 5) is 23.9. The Kier molecular flexibility index (Phi) is 3.44. The van der Waals surface area contributed by atoms with E-state index < -0.39 is 11.8 Å². The third kappa shape index (κ3) is 3.14. The summed E-state index contributed by atoms with van der Waals surface area (Å²) < 4.78 is 4.24. The SMILES string of the molecule is COC(=O)C(=N)/N=N\c1cc[nH]c(=O)c1. The van der Waals surface area contributed by atoms with Crippen LogP contribution in [0.4, 0.5) is 5.69 Å². The van der Waals surface area contributed by atoms with Crippen LogP contribution in [0, 0.1) is 5.41 Å². The van der Waals surface area contributed by atoms with Crippen molar-refractivity contribution in [3.05, 3.63) is 28.7 Å². The number of aromatic amines is 1. The van der Waals surface area contributed by atoms with Crippen LogP contribution >= 0.6 is 0 Å². The van der Waals surface area contributed by atoms with Crippen LogP contribution in [0.2, 0.25) is 0 Å². The minimum Gasteiger partial charge on any atom is -0.463 e. The zero-order chi connectivity index (χ0) is 11.3. The van der Waals surface area contributed by atoms with Crippen LogP contribution in [0.25, 0.3) is 0 Å². The first-order chi connectivity index (χ1) is 7.13. The van der Waals surface area contributed by atoms with Crippen molar-refractivity contribution in [3.8, 4) is 0 Å². The number of hydrogen-bond donors (Lipinski definition) is 2. The van der Waals surface area contributed by atoms with Crippen molar-refractivity contribution < 1.29 is 9.53 Å². The van der Waals surface area contributed by atoms with Gasteiger partial charge >= 0.3 is 5.97 Å². The van der Waals surface area contributed by atoms with Gasteiger partial charge in [0.05, 0.1) is 12.8 Å². The fourth-order valence-electron chi connectivity index (χ4n) is 0.741. The van der Waals surface area contributed by atoms with Gasteiger partial charge in [-0.15, -0.1) is 10.2 Å². The molecule has 0 fully saturated rings. The molecule has 1 aromatic rings. The van der Waals surface area contributed by atoms with Crippen LogP contribution in [-0.2, 0) is 9.53 Å². The largest absolute Gasteiger partial charge is 0.463 e. The van der Waals surface area contributed by atoms with E-state index in [1.807, 2.05) is 0 Å². The number of esters is 1. The van der Waals surface area contributed by atoms with Crippen molar-refractivity contribution in [1.29, 1.82) is 5.41 Å². The molecular weight excluding hydrogens is 200 g/mol. The maximum Gasteiger partial charge on any atom is 0.377 e. The summed E-state index contributed by atoms with van der Waals surface area (Å²) in [6.07, 6.45) is 1.39. The minimum absolute atomic E-state index is 0.257. The number of ether oxygens (including phenoxy) is 1. The lowest BCUT2D eigenvalue weighted by Gasteiger charge is -1.93. The lowest BCUT2D eigenvalue weighted by atomic mass is 10.4. The van der Waals surface area contributed by atoms with Crippen molar-refractivity contribution in [3.63, 3.8) is 0 Å². The van der Waals surface area contributed by atoms with Crippen LogP contribution in [0.15, 0.2) is 33.4 Å². The van der Waals surface area contributed by atoms with Crippen molar-refractivity contribution in [2.24, 2.45) is 10.2 Å². The summed E-state index contributed by atoms with van der Waals surface area (Å²) >= 11 is 0. The summed E-state index contributed by atoms with van der Waals surface area (Å²) in [6.45, 7) is 0. The maximum absolute atomic E-state index is 10.8. The van der Waals surface area contributed by atoms with Gasteiger partial charge in [0.25, 0.3) is 5.84 Å². The molecule has 7 heteroatoms. The van der Waals surface area contributed by atoms with Gasteiger partial charge in [-0.2, -0.15) is 0 Å². The molecule has 0 spiro atoms. The summed E-state index contributed by atoms with van der Waals surface area (Å²) in [5, 5.41) is 13.9. The molecule has 0 unspecified atom stereocenters. The Morgan fingerprint density at radius 3 is 2.93 bits per heavy atom. The number of nitrogens with zero attached hydrogens (tertiary/aromatic N) is 2. The van der Waals surface area contributed by atoms with Crippen molar-refractivity contribution in [1.82, 2.24) is 4.98 Å². The van der Waals surface area contributed by atoms with Crippen LogP contribution < -0.4 is 5.56 Å². The number of H-pyrrole nitrogens is 1. The minimum atomic E-state index is -0.886. The van der Waals surface area contributed by atoms with E-state index in [1.165, 1.54) is 18.3 Å². The molecule has 1 aromatic heterocycles. The fraction of sp³-hybridized carbons (Fsp3) is 0.125. The molecule has 0 radical (unpaired) electrons. The Bertz CT molecular complexity index is 463. The normalized spacial score (nSPS) is 10.2. The molecule has 0 aromatic carbocycles. The Hall–Kier alpha value is -2.31. The number of aromatic nitrogens is 1. The van der Waals surface area contributed by atoms with E-state index in [4.69, 9.17) is 5.41 Å². The average molecular weight is 208 g/mol. The van der Waals surface area contributed by atoms with Crippen molar-refractivity contribution >= 4 is 17.5 Å². The van der Waals surface area contributed by atoms with E-state index in [0.29, 0.717) is 0 Å². The van der Waals surface area contributed by atoms with Gasteiger partial charge in [-0.3, -0.25) is 10.2 Å². The quantitative estimate of drug-likeness (QED) is 0.305. The van der Waals surface area contributed by atoms with E-state index in [9.17, 15) is 9.59 Å². The number of hydrogen-bond acceptors (Lipinski definition) is 5. The molecule has 0 aliphatic carbocycles. The van der Waals surface area contributed by atoms with Gasteiger partial charge in [0.2, 0.25) is 5.56 Å². The Labute approximate surface area is 84.3 Å². The average Bonchev–Trinajstić information content (AvgIpc) is 2.25. The van der Waals surface area contributed by atoms with Crippen LogP contribution in [0.1, 0.15) is 0 Å². The molecule has 15 heavy (non-hydrogen) atoms. The first-order valence-corrected chi connectivity index (χ1v) is 3.91. The second-order valence-corrected chi connectivity index (χ2v) is 2.45. The summed E-state index contributed by atoms with van der Waals surface area (Å²) in [5.74, 6) is -1.51. The highest BCUT2D eigenvalue weighted by Crippen LogP contribution is 2.06. The van der Waals surface area contributed by atoms with Crippen LogP contribution in [0.5, 0.6) is 0 Å². The van der Waals surface area contributed by atoms with E-state index in [2.05, 4.69) is 19.9 Å². The monoisotopic (exact) mass is 208 g/mol. The molecule has 1 rings (SSSR count). The predicted molar refractivity (Wildman–Crippen MR) is 51.3 cm³/mol. The van der Waals surface area contributed by atoms with Crippen molar-refractivity contribution in [2.75, 3.05) is 7.11 Å². The Morgan fingerprint density at radius 2 is 2.33 bits per heavy atom. The molecule has 7 nitrogen and oxygen atoms in total. The summed E-state index contributed by atoms with van der Waals surface area (Å²) in [6, 6.07) is 2.67. The predicted octanol–water partition coefficient (Wildman–Crippen LogP) is 0.609. The molecular formula is C8H8N4O3. The third-order valence-corrected chi connectivity index (χ3v) is 1.40. The number of carbonyl (C=O) groups is 1. The molecule has 0 atom stereocenters. The first-order valence-electron chi connectivity index (χ1n) is 3.91. The molecule has 1 heterocycles. The third-order valence-electron chi connectivity index (χ3n) is 1.40. The molecule has 78 valence electrons. The fourth-order valence-corrected chi connectivity index (χ4v) is 0.741. The Morgan fingerprint density at radius 1 is 1.60 bits per heavy atom. The highest BCUT2D eigenvalue weighted by atomic mass is 16.5. The topological polar surface area (TPSA) is 108 Å². The number of carbonyl (C=O) groups excluding carboxylic acids is 1. The van der Waals surface area contributed by atoms with E-state index in [1.54, 1.807) is 0 Å². The molecule has 2 N–H and O–H groups in total. The highest BCUT2D eigenvalue weighted by molar-refractivity contribution is 6.34. The zero-order valence-corrected chi connectivity index (χ0v) is 7.85. The molecule has 0 aliphatic rings. The standard InChI is InChI=1S/C8H8N4O3/c1-15-8(14)7(9)12-11-5-2-3-10-6(13)4-5/h2-4,9H,1H3,(H,10,13)/b9-7?,12-11-. The molecule has 0 aliphatic heterocycles. The number of nitrogens with one attached hydrogen (secondary N) is 2. The number of azo groups is 1. The molecule has 0 saturated carbocycles. The lowest BCUT2D eigenvalue weighted by Crippen LogP contribution is -2.11. The second kappa shape index (κ2) is 4.80. The Balaban J connectivity index is 2.78. The smallest absolute Gasteiger partial charge is 0.377 e. The van der Waals surface area contributed by atoms with Crippen molar-refractivity contribution in [2.45, 2.75) is 0 Å². The number of rotatable bonds is 1. The van der Waals surface area contributed by atoms with Crippen LogP contribution in [-0.4, -0.2) is 23.9 Å². The first kappa shape index (κ1) is 10.8. The number of pyridine rings is 1. The van der Waals surface area contributed by atoms with Gasteiger partial charge in [-0.05, 0) is 6.07 Å². The molecule has 0 saturated heterocycles. The zero-order valence-electron chi connectivity index (χ0n) is 7.85.